The Morgan fingerprint density at radius 1 is 1.11 bits per heavy atom. The molecule has 1 atom stereocenters. The summed E-state index contributed by atoms with van der Waals surface area (Å²) >= 11 is 0.802. The highest BCUT2D eigenvalue weighted by atomic mass is 32.2. The first-order valence-corrected chi connectivity index (χ1v) is 14.8. The number of unbranched alkanes of at least 4 members (excludes halogenated alkanes) is 5. The molecule has 4 N–H and O–H groups in total. The Hall–Kier alpha value is -1.41. The maximum absolute atomic E-state index is 13.8. The van der Waals surface area contributed by atoms with Crippen LogP contribution in [0.5, 0.6) is 0 Å². The van der Waals surface area contributed by atoms with Gasteiger partial charge in [0.05, 0.1) is 28.4 Å². The lowest BCUT2D eigenvalue weighted by Gasteiger charge is -2.21. The largest absolute Gasteiger partial charge is 0.469 e. The Kier molecular flexibility index (Phi) is 10.0. The van der Waals surface area contributed by atoms with E-state index >= 15 is 0 Å². The van der Waals surface area contributed by atoms with Crippen LogP contribution in [0, 0.1) is 0 Å². The molecule has 1 heterocycles. The Bertz CT molecular complexity index is 1150. The van der Waals surface area contributed by atoms with Gasteiger partial charge in [0.25, 0.3) is 0 Å². The molecule has 0 unspecified atom stereocenters. The molecule has 0 spiro atoms. The second-order valence-corrected chi connectivity index (χ2v) is 12.7. The molecular weight excluding hydrogens is 530 g/mol. The third kappa shape index (κ3) is 8.88. The molecule has 0 saturated heterocycles. The number of phosphoric ester groups is 1. The van der Waals surface area contributed by atoms with Crippen LogP contribution in [0.2, 0.25) is 0 Å². The Balaban J connectivity index is 2.29. The molecule has 0 saturated carbocycles. The summed E-state index contributed by atoms with van der Waals surface area (Å²) in [5.41, 5.74) is 3.18. The maximum Gasteiger partial charge on any atom is 0.469 e. The molecular formula is C20H29F3N3O6PS2. The number of halogens is 3. The van der Waals surface area contributed by atoms with Gasteiger partial charge in [0.15, 0.2) is 9.84 Å². The molecule has 0 fully saturated rings. The van der Waals surface area contributed by atoms with Crippen LogP contribution in [0.25, 0.3) is 10.6 Å². The van der Waals surface area contributed by atoms with E-state index < -0.39 is 46.4 Å². The van der Waals surface area contributed by atoms with Crippen LogP contribution in [0.4, 0.5) is 13.2 Å². The summed E-state index contributed by atoms with van der Waals surface area (Å²) in [6.07, 6.45) is -0.191. The first-order valence-electron chi connectivity index (χ1n) is 10.8. The van der Waals surface area contributed by atoms with Crippen molar-refractivity contribution < 1.29 is 40.5 Å². The first kappa shape index (κ1) is 29.8. The number of nitrogens with two attached hydrogens (primary N) is 1. The zero-order chi connectivity index (χ0) is 26.5. The summed E-state index contributed by atoms with van der Waals surface area (Å²) in [4.78, 5) is 16.9. The summed E-state index contributed by atoms with van der Waals surface area (Å²) in [7, 11) is -8.97. The van der Waals surface area contributed by atoms with Crippen LogP contribution in [-0.2, 0) is 30.6 Å². The van der Waals surface area contributed by atoms with Gasteiger partial charge in [-0.25, -0.2) is 13.0 Å². The van der Waals surface area contributed by atoms with Crippen LogP contribution in [0.15, 0.2) is 23.1 Å². The van der Waals surface area contributed by atoms with E-state index in [0.717, 1.165) is 43.1 Å². The molecule has 0 bridgehead atoms. The molecule has 0 aliphatic rings. The van der Waals surface area contributed by atoms with Crippen molar-refractivity contribution >= 4 is 29.0 Å². The van der Waals surface area contributed by atoms with Gasteiger partial charge in [0, 0.05) is 5.56 Å². The fourth-order valence-corrected chi connectivity index (χ4v) is 6.10. The average molecular weight is 560 g/mol. The second kappa shape index (κ2) is 11.8. The van der Waals surface area contributed by atoms with Crippen LogP contribution in [-0.4, -0.2) is 40.8 Å². The van der Waals surface area contributed by atoms with Crippen LogP contribution >= 0.6 is 19.2 Å². The van der Waals surface area contributed by atoms with Crippen molar-refractivity contribution in [2.24, 2.45) is 5.73 Å². The van der Waals surface area contributed by atoms with Gasteiger partial charge in [0.2, 0.25) is 0 Å². The van der Waals surface area contributed by atoms with Crippen molar-refractivity contribution in [1.29, 1.82) is 0 Å². The van der Waals surface area contributed by atoms with Gasteiger partial charge in [-0.2, -0.15) is 13.2 Å². The van der Waals surface area contributed by atoms with Gasteiger partial charge in [0.1, 0.15) is 10.0 Å². The minimum atomic E-state index is -4.92. The lowest BCUT2D eigenvalue weighted by Crippen LogP contribution is -2.37. The van der Waals surface area contributed by atoms with E-state index in [1.165, 1.54) is 13.0 Å². The van der Waals surface area contributed by atoms with E-state index in [1.807, 2.05) is 6.92 Å². The Morgan fingerprint density at radius 2 is 1.74 bits per heavy atom. The quantitative estimate of drug-likeness (QED) is 0.235. The normalized spacial score (nSPS) is 14.7. The summed E-state index contributed by atoms with van der Waals surface area (Å²) < 4.78 is 82.2. The molecule has 0 aliphatic heterocycles. The summed E-state index contributed by atoms with van der Waals surface area (Å²) in [6.45, 7) is 2.80. The molecule has 2 rings (SSSR count). The monoisotopic (exact) mass is 559 g/mol. The van der Waals surface area contributed by atoms with E-state index in [2.05, 4.69) is 14.7 Å². The van der Waals surface area contributed by atoms with Crippen LogP contribution < -0.4 is 5.73 Å². The fraction of sp³-hybridized carbons (Fsp3) is 0.600. The van der Waals surface area contributed by atoms with Crippen molar-refractivity contribution in [1.82, 2.24) is 10.2 Å². The van der Waals surface area contributed by atoms with Gasteiger partial charge < -0.3 is 15.5 Å². The van der Waals surface area contributed by atoms with E-state index in [1.54, 1.807) is 0 Å². The number of rotatable bonds is 13. The van der Waals surface area contributed by atoms with Crippen molar-refractivity contribution in [2.75, 3.05) is 12.4 Å². The van der Waals surface area contributed by atoms with Crippen LogP contribution in [0.1, 0.15) is 62.9 Å². The molecule has 0 radical (unpaired) electrons. The lowest BCUT2D eigenvalue weighted by atomic mass is 10.1. The van der Waals surface area contributed by atoms with Crippen LogP contribution in [0.3, 0.4) is 0 Å². The lowest BCUT2D eigenvalue weighted by molar-refractivity contribution is -0.139. The Morgan fingerprint density at radius 3 is 2.34 bits per heavy atom. The highest BCUT2D eigenvalue weighted by Crippen LogP contribution is 2.40. The standard InChI is InChI=1S/C20H29F3N3O6PS2/c1-3-4-5-6-7-8-11-35(30,31)16-10-9-14(12-15(16)20(21,22)23)17-25-26-18(34-17)19(2,24)13-32-33(27,28)29/h9-10,12H,3-8,11,13,24H2,1-2H3,(H2,27,28,29)/t19-/m0/s1. The molecule has 35 heavy (non-hydrogen) atoms. The van der Waals surface area contributed by atoms with E-state index in [9.17, 15) is 26.2 Å². The number of hydrogen-bond donors (Lipinski definition) is 3. The second-order valence-electron chi connectivity index (χ2n) is 8.39. The summed E-state index contributed by atoms with van der Waals surface area (Å²) in [5.74, 6) is -0.379. The average Bonchev–Trinajstić information content (AvgIpc) is 3.25. The fourth-order valence-electron chi connectivity index (χ4n) is 3.19. The molecule has 2 aromatic rings. The maximum atomic E-state index is 13.8. The smallest absolute Gasteiger partial charge is 0.318 e. The van der Waals surface area contributed by atoms with E-state index in [4.69, 9.17) is 15.5 Å². The number of nitrogens with zero attached hydrogens (tertiary/aromatic N) is 2. The zero-order valence-electron chi connectivity index (χ0n) is 19.3. The molecule has 0 aliphatic carbocycles. The molecule has 15 heteroatoms. The topological polar surface area (TPSA) is 153 Å². The predicted octanol–water partition coefficient (Wildman–Crippen LogP) is 4.64. The summed E-state index contributed by atoms with van der Waals surface area (Å²) in [6, 6.07) is 2.84. The minimum Gasteiger partial charge on any atom is -0.318 e. The third-order valence-corrected chi connectivity index (χ3v) is 8.65. The molecule has 1 aromatic carbocycles. The SMILES string of the molecule is CCCCCCCCS(=O)(=O)c1ccc(-c2nnc([C@@](C)(N)COP(=O)(O)O)s2)cc1C(F)(F)F. The number of aromatic nitrogens is 2. The number of hydrogen-bond acceptors (Lipinski definition) is 8. The van der Waals surface area contributed by atoms with E-state index in [-0.39, 0.29) is 27.8 Å². The minimum absolute atomic E-state index is 0.0219. The van der Waals surface area contributed by atoms with Crippen molar-refractivity contribution in [2.45, 2.75) is 69.0 Å². The molecule has 198 valence electrons. The van der Waals surface area contributed by atoms with Gasteiger partial charge >= 0.3 is 14.0 Å². The molecule has 1 aromatic heterocycles. The number of sulfone groups is 1. The number of benzene rings is 1. The molecule has 0 amide bonds. The van der Waals surface area contributed by atoms with Gasteiger partial charge in [-0.1, -0.05) is 56.4 Å². The van der Waals surface area contributed by atoms with Crippen molar-refractivity contribution in [3.63, 3.8) is 0 Å². The van der Waals surface area contributed by atoms with Gasteiger partial charge in [-0.3, -0.25) is 4.52 Å². The van der Waals surface area contributed by atoms with Crippen molar-refractivity contribution in [3.05, 3.63) is 28.8 Å². The van der Waals surface area contributed by atoms with Gasteiger partial charge in [-0.15, -0.1) is 10.2 Å². The third-order valence-electron chi connectivity index (χ3n) is 5.08. The first-order chi connectivity index (χ1) is 16.1. The number of alkyl halides is 3. The predicted molar refractivity (Wildman–Crippen MR) is 125 cm³/mol. The summed E-state index contributed by atoms with van der Waals surface area (Å²) in [5, 5.41) is 7.72. The van der Waals surface area contributed by atoms with Gasteiger partial charge in [-0.05, 0) is 25.5 Å². The van der Waals surface area contributed by atoms with Crippen molar-refractivity contribution in [3.8, 4) is 10.6 Å². The Labute approximate surface area is 206 Å². The zero-order valence-corrected chi connectivity index (χ0v) is 21.8. The highest BCUT2D eigenvalue weighted by Gasteiger charge is 2.38. The number of phosphoric acid groups is 1. The molecule has 9 nitrogen and oxygen atoms in total. The highest BCUT2D eigenvalue weighted by molar-refractivity contribution is 7.91. The van der Waals surface area contributed by atoms with E-state index in [0.29, 0.717) is 12.5 Å².